The van der Waals surface area contributed by atoms with Crippen LogP contribution in [0.2, 0.25) is 0 Å². The highest BCUT2D eigenvalue weighted by Gasteiger charge is 2.15. The SMILES string of the molecule is CCNC(=NCc1cccc(CN(CC)CC)c1)NCCCN1CCCCCC1=O. The third kappa shape index (κ3) is 8.74. The molecule has 6 heteroatoms. The van der Waals surface area contributed by atoms with Crippen LogP contribution in [-0.4, -0.2) is 60.9 Å². The van der Waals surface area contributed by atoms with Gasteiger partial charge in [0, 0.05) is 39.1 Å². The first kappa shape index (κ1) is 24.2. The van der Waals surface area contributed by atoms with Gasteiger partial charge in [0.25, 0.3) is 0 Å². The van der Waals surface area contributed by atoms with Gasteiger partial charge in [-0.1, -0.05) is 44.5 Å². The Morgan fingerprint density at radius 1 is 1.10 bits per heavy atom. The minimum Gasteiger partial charge on any atom is -0.357 e. The number of nitrogens with zero attached hydrogens (tertiary/aromatic N) is 3. The molecule has 0 aromatic heterocycles. The molecule has 0 aliphatic carbocycles. The van der Waals surface area contributed by atoms with E-state index in [9.17, 15) is 4.79 Å². The average Bonchev–Trinajstić information content (AvgIpc) is 2.97. The molecule has 0 unspecified atom stereocenters. The van der Waals surface area contributed by atoms with Gasteiger partial charge in [0.05, 0.1) is 6.54 Å². The minimum atomic E-state index is 0.317. The van der Waals surface area contributed by atoms with E-state index in [0.717, 1.165) is 71.0 Å². The number of nitrogens with one attached hydrogen (secondary N) is 2. The number of rotatable bonds is 11. The molecule has 0 bridgehead atoms. The van der Waals surface area contributed by atoms with Crippen molar-refractivity contribution in [3.63, 3.8) is 0 Å². The van der Waals surface area contributed by atoms with Crippen LogP contribution in [0.15, 0.2) is 29.3 Å². The first-order chi connectivity index (χ1) is 14.7. The Morgan fingerprint density at radius 3 is 2.67 bits per heavy atom. The van der Waals surface area contributed by atoms with E-state index in [0.29, 0.717) is 18.9 Å². The number of carbonyl (C=O) groups excluding carboxylic acids is 1. The van der Waals surface area contributed by atoms with E-state index in [1.807, 2.05) is 4.90 Å². The molecular formula is C24H41N5O. The van der Waals surface area contributed by atoms with Crippen LogP contribution in [-0.2, 0) is 17.9 Å². The van der Waals surface area contributed by atoms with Gasteiger partial charge in [-0.25, -0.2) is 4.99 Å². The second-order valence-electron chi connectivity index (χ2n) is 7.95. The molecule has 1 heterocycles. The third-order valence-corrected chi connectivity index (χ3v) is 5.62. The van der Waals surface area contributed by atoms with Crippen molar-refractivity contribution in [1.29, 1.82) is 0 Å². The lowest BCUT2D eigenvalue weighted by atomic mass is 10.1. The quantitative estimate of drug-likeness (QED) is 0.330. The van der Waals surface area contributed by atoms with Gasteiger partial charge in [-0.05, 0) is 50.4 Å². The Kier molecular flexibility index (Phi) is 11.3. The van der Waals surface area contributed by atoms with Gasteiger partial charge in [0.2, 0.25) is 5.91 Å². The Hall–Kier alpha value is -2.08. The Labute approximate surface area is 183 Å². The summed E-state index contributed by atoms with van der Waals surface area (Å²) < 4.78 is 0. The molecule has 1 saturated heterocycles. The van der Waals surface area contributed by atoms with E-state index in [4.69, 9.17) is 4.99 Å². The Balaban J connectivity index is 1.82. The second-order valence-corrected chi connectivity index (χ2v) is 7.95. The molecule has 1 fully saturated rings. The van der Waals surface area contributed by atoms with Gasteiger partial charge in [-0.3, -0.25) is 9.69 Å². The van der Waals surface area contributed by atoms with Crippen molar-refractivity contribution in [2.45, 2.75) is 66.0 Å². The highest BCUT2D eigenvalue weighted by Crippen LogP contribution is 2.11. The van der Waals surface area contributed by atoms with Gasteiger partial charge in [-0.2, -0.15) is 0 Å². The van der Waals surface area contributed by atoms with E-state index < -0.39 is 0 Å². The van der Waals surface area contributed by atoms with Gasteiger partial charge >= 0.3 is 0 Å². The topological polar surface area (TPSA) is 60.0 Å². The van der Waals surface area contributed by atoms with E-state index in [1.165, 1.54) is 17.5 Å². The van der Waals surface area contributed by atoms with Crippen LogP contribution in [0.5, 0.6) is 0 Å². The van der Waals surface area contributed by atoms with Crippen LogP contribution in [0.3, 0.4) is 0 Å². The molecule has 1 aliphatic heterocycles. The van der Waals surface area contributed by atoms with Crippen molar-refractivity contribution >= 4 is 11.9 Å². The van der Waals surface area contributed by atoms with Gasteiger partial charge in [0.1, 0.15) is 0 Å². The molecule has 1 aliphatic rings. The molecule has 0 radical (unpaired) electrons. The molecule has 168 valence electrons. The number of benzene rings is 1. The molecule has 1 amide bonds. The maximum absolute atomic E-state index is 12.1. The van der Waals surface area contributed by atoms with Gasteiger partial charge < -0.3 is 15.5 Å². The summed E-state index contributed by atoms with van der Waals surface area (Å²) in [4.78, 5) is 21.3. The highest BCUT2D eigenvalue weighted by molar-refractivity contribution is 5.79. The highest BCUT2D eigenvalue weighted by atomic mass is 16.2. The predicted octanol–water partition coefficient (Wildman–Crippen LogP) is 3.38. The summed E-state index contributed by atoms with van der Waals surface area (Å²) in [6.07, 6.45) is 5.01. The summed E-state index contributed by atoms with van der Waals surface area (Å²) in [5.41, 5.74) is 2.57. The summed E-state index contributed by atoms with van der Waals surface area (Å²) in [6.45, 7) is 13.7. The van der Waals surface area contributed by atoms with Gasteiger partial charge in [0.15, 0.2) is 5.96 Å². The number of hydrogen-bond acceptors (Lipinski definition) is 3. The first-order valence-corrected chi connectivity index (χ1v) is 11.8. The fraction of sp³-hybridized carbons (Fsp3) is 0.667. The number of amides is 1. The van der Waals surface area contributed by atoms with Crippen LogP contribution in [0.1, 0.15) is 64.0 Å². The normalized spacial score (nSPS) is 15.4. The van der Waals surface area contributed by atoms with Crippen LogP contribution < -0.4 is 10.6 Å². The van der Waals surface area contributed by atoms with E-state index in [-0.39, 0.29) is 0 Å². The van der Waals surface area contributed by atoms with Crippen molar-refractivity contribution in [3.05, 3.63) is 35.4 Å². The molecule has 30 heavy (non-hydrogen) atoms. The lowest BCUT2D eigenvalue weighted by Gasteiger charge is -2.20. The van der Waals surface area contributed by atoms with Crippen LogP contribution in [0, 0.1) is 0 Å². The zero-order valence-electron chi connectivity index (χ0n) is 19.3. The predicted molar refractivity (Wildman–Crippen MR) is 126 cm³/mol. The Bertz CT molecular complexity index is 657. The third-order valence-electron chi connectivity index (χ3n) is 5.62. The first-order valence-electron chi connectivity index (χ1n) is 11.8. The van der Waals surface area contributed by atoms with E-state index >= 15 is 0 Å². The van der Waals surface area contributed by atoms with Crippen molar-refractivity contribution in [2.75, 3.05) is 39.3 Å². The van der Waals surface area contributed by atoms with Crippen molar-refractivity contribution < 1.29 is 4.79 Å². The van der Waals surface area contributed by atoms with Gasteiger partial charge in [-0.15, -0.1) is 0 Å². The van der Waals surface area contributed by atoms with Crippen LogP contribution in [0.25, 0.3) is 0 Å². The molecule has 1 aromatic rings. The molecule has 0 saturated carbocycles. The number of carbonyl (C=O) groups is 1. The fourth-order valence-corrected chi connectivity index (χ4v) is 3.80. The van der Waals surface area contributed by atoms with Crippen molar-refractivity contribution in [1.82, 2.24) is 20.4 Å². The second kappa shape index (κ2) is 14.0. The number of guanidine groups is 1. The van der Waals surface area contributed by atoms with Crippen LogP contribution in [0.4, 0.5) is 0 Å². The van der Waals surface area contributed by atoms with E-state index in [2.05, 4.69) is 60.6 Å². The molecule has 1 aromatic carbocycles. The monoisotopic (exact) mass is 415 g/mol. The zero-order chi connectivity index (χ0) is 21.6. The summed E-state index contributed by atoms with van der Waals surface area (Å²) >= 11 is 0. The average molecular weight is 416 g/mol. The maximum Gasteiger partial charge on any atom is 0.222 e. The fourth-order valence-electron chi connectivity index (χ4n) is 3.80. The van der Waals surface area contributed by atoms with Crippen molar-refractivity contribution in [2.24, 2.45) is 4.99 Å². The summed E-state index contributed by atoms with van der Waals surface area (Å²) in [7, 11) is 0. The summed E-state index contributed by atoms with van der Waals surface area (Å²) in [5, 5.41) is 6.74. The maximum atomic E-state index is 12.1. The zero-order valence-corrected chi connectivity index (χ0v) is 19.3. The smallest absolute Gasteiger partial charge is 0.222 e. The summed E-state index contributed by atoms with van der Waals surface area (Å²) in [6, 6.07) is 8.72. The number of aliphatic imine (C=N–C) groups is 1. The van der Waals surface area contributed by atoms with Crippen molar-refractivity contribution in [3.8, 4) is 0 Å². The Morgan fingerprint density at radius 2 is 1.90 bits per heavy atom. The van der Waals surface area contributed by atoms with Crippen LogP contribution >= 0.6 is 0 Å². The lowest BCUT2D eigenvalue weighted by molar-refractivity contribution is -0.130. The standard InChI is InChI=1S/C24H41N5O/c1-4-25-24(26-15-11-17-29-16-9-7-8-14-23(29)30)27-19-21-12-10-13-22(18-21)20-28(5-2)6-3/h10,12-13,18H,4-9,11,14-17,19-20H2,1-3H3,(H2,25,26,27). The molecule has 2 rings (SSSR count). The largest absolute Gasteiger partial charge is 0.357 e. The molecular weight excluding hydrogens is 374 g/mol. The molecule has 0 spiro atoms. The lowest BCUT2D eigenvalue weighted by Crippen LogP contribution is -2.39. The summed E-state index contributed by atoms with van der Waals surface area (Å²) in [5.74, 6) is 1.16. The molecule has 6 nitrogen and oxygen atoms in total. The van der Waals surface area contributed by atoms with E-state index in [1.54, 1.807) is 0 Å². The molecule has 2 N–H and O–H groups in total. The number of likely N-dealkylation sites (tertiary alicyclic amines) is 1. The molecule has 0 atom stereocenters. The minimum absolute atomic E-state index is 0.317. The number of hydrogen-bond donors (Lipinski definition) is 2.